The first-order valence-electron chi connectivity index (χ1n) is 7.77. The van der Waals surface area contributed by atoms with Gasteiger partial charge in [0, 0.05) is 18.0 Å². The van der Waals surface area contributed by atoms with Crippen LogP contribution in [0.25, 0.3) is 0 Å². The van der Waals surface area contributed by atoms with Crippen molar-refractivity contribution in [3.8, 4) is 0 Å². The minimum Gasteiger partial charge on any atom is -0.352 e. The van der Waals surface area contributed by atoms with Crippen molar-refractivity contribution in [2.75, 3.05) is 11.9 Å². The zero-order valence-corrected chi connectivity index (χ0v) is 14.5. The standard InChI is InChI=1S/C17H25ClN2O2/c1-5-12(6-2)17(22)20-15-9-13(7-8-14(15)18)16(21)19-10-11(3)4/h7-9,11-12H,5-6,10H2,1-4H3,(H,19,21)(H,20,22). The zero-order chi connectivity index (χ0) is 16.7. The van der Waals surface area contributed by atoms with Crippen LogP contribution in [0.2, 0.25) is 5.02 Å². The molecule has 0 heterocycles. The van der Waals surface area contributed by atoms with Crippen LogP contribution in [-0.2, 0) is 4.79 Å². The van der Waals surface area contributed by atoms with Crippen LogP contribution in [0.5, 0.6) is 0 Å². The SMILES string of the molecule is CCC(CC)C(=O)Nc1cc(C(=O)NCC(C)C)ccc1Cl. The highest BCUT2D eigenvalue weighted by Crippen LogP contribution is 2.24. The van der Waals surface area contributed by atoms with Gasteiger partial charge < -0.3 is 10.6 Å². The summed E-state index contributed by atoms with van der Waals surface area (Å²) < 4.78 is 0. The molecule has 1 rings (SSSR count). The van der Waals surface area contributed by atoms with Gasteiger partial charge in [-0.1, -0.05) is 39.3 Å². The molecule has 0 atom stereocenters. The maximum Gasteiger partial charge on any atom is 0.251 e. The van der Waals surface area contributed by atoms with E-state index in [1.807, 2.05) is 27.7 Å². The first-order chi connectivity index (χ1) is 10.4. The van der Waals surface area contributed by atoms with Crippen LogP contribution < -0.4 is 10.6 Å². The molecule has 0 fully saturated rings. The van der Waals surface area contributed by atoms with Crippen LogP contribution in [0.15, 0.2) is 18.2 Å². The van der Waals surface area contributed by atoms with Crippen molar-refractivity contribution < 1.29 is 9.59 Å². The first kappa shape index (κ1) is 18.5. The van der Waals surface area contributed by atoms with E-state index in [0.29, 0.717) is 28.7 Å². The van der Waals surface area contributed by atoms with Gasteiger partial charge in [-0.3, -0.25) is 9.59 Å². The van der Waals surface area contributed by atoms with Crippen molar-refractivity contribution in [3.05, 3.63) is 28.8 Å². The predicted octanol–water partition coefficient (Wildman–Crippen LogP) is 4.10. The number of nitrogens with one attached hydrogen (secondary N) is 2. The Morgan fingerprint density at radius 2 is 1.82 bits per heavy atom. The number of halogens is 1. The van der Waals surface area contributed by atoms with Crippen molar-refractivity contribution in [2.24, 2.45) is 11.8 Å². The fraction of sp³-hybridized carbons (Fsp3) is 0.529. The lowest BCUT2D eigenvalue weighted by Gasteiger charge is -2.15. The van der Waals surface area contributed by atoms with Gasteiger partial charge in [0.1, 0.15) is 0 Å². The number of carbonyl (C=O) groups excluding carboxylic acids is 2. The monoisotopic (exact) mass is 324 g/mol. The van der Waals surface area contributed by atoms with E-state index in [9.17, 15) is 9.59 Å². The van der Waals surface area contributed by atoms with Gasteiger partial charge in [-0.25, -0.2) is 0 Å². The Labute approximate surface area is 137 Å². The van der Waals surface area contributed by atoms with Crippen LogP contribution in [0.1, 0.15) is 50.9 Å². The maximum absolute atomic E-state index is 12.2. The molecule has 0 radical (unpaired) electrons. The fourth-order valence-corrected chi connectivity index (χ4v) is 2.22. The highest BCUT2D eigenvalue weighted by molar-refractivity contribution is 6.33. The van der Waals surface area contributed by atoms with Gasteiger partial charge in [-0.2, -0.15) is 0 Å². The van der Waals surface area contributed by atoms with Crippen molar-refractivity contribution in [1.82, 2.24) is 5.32 Å². The summed E-state index contributed by atoms with van der Waals surface area (Å²) in [5.41, 5.74) is 0.973. The maximum atomic E-state index is 12.2. The molecule has 122 valence electrons. The third-order valence-corrected chi connectivity index (χ3v) is 3.84. The van der Waals surface area contributed by atoms with Gasteiger partial charge in [-0.15, -0.1) is 0 Å². The molecule has 0 unspecified atom stereocenters. The van der Waals surface area contributed by atoms with Crippen LogP contribution in [0.4, 0.5) is 5.69 Å². The molecule has 1 aromatic rings. The average molecular weight is 325 g/mol. The lowest BCUT2D eigenvalue weighted by molar-refractivity contribution is -0.120. The second kappa shape index (κ2) is 8.79. The van der Waals surface area contributed by atoms with Crippen LogP contribution in [0.3, 0.4) is 0 Å². The molecule has 0 bridgehead atoms. The Balaban J connectivity index is 2.86. The number of amides is 2. The third-order valence-electron chi connectivity index (χ3n) is 3.51. The molecule has 0 aliphatic rings. The smallest absolute Gasteiger partial charge is 0.251 e. The Hall–Kier alpha value is -1.55. The van der Waals surface area contributed by atoms with E-state index in [1.165, 1.54) is 0 Å². The van der Waals surface area contributed by atoms with Crippen LogP contribution in [-0.4, -0.2) is 18.4 Å². The lowest BCUT2D eigenvalue weighted by Crippen LogP contribution is -2.27. The molecule has 22 heavy (non-hydrogen) atoms. The highest BCUT2D eigenvalue weighted by Gasteiger charge is 2.16. The number of anilines is 1. The molecule has 0 aliphatic carbocycles. The van der Waals surface area contributed by atoms with E-state index in [0.717, 1.165) is 12.8 Å². The minimum atomic E-state index is -0.164. The molecule has 0 aromatic heterocycles. The summed E-state index contributed by atoms with van der Waals surface area (Å²) in [6, 6.07) is 4.91. The van der Waals surface area contributed by atoms with Crippen LogP contribution >= 0.6 is 11.6 Å². The average Bonchev–Trinajstić information content (AvgIpc) is 2.48. The number of hydrogen-bond donors (Lipinski definition) is 2. The molecule has 2 N–H and O–H groups in total. The second-order valence-corrected chi connectivity index (χ2v) is 6.21. The predicted molar refractivity (Wildman–Crippen MR) is 91.3 cm³/mol. The molecule has 0 aliphatic heterocycles. The topological polar surface area (TPSA) is 58.2 Å². The normalized spacial score (nSPS) is 10.9. The van der Waals surface area contributed by atoms with E-state index in [2.05, 4.69) is 10.6 Å². The summed E-state index contributed by atoms with van der Waals surface area (Å²) in [4.78, 5) is 24.2. The van der Waals surface area contributed by atoms with E-state index in [-0.39, 0.29) is 17.7 Å². The number of hydrogen-bond acceptors (Lipinski definition) is 2. The number of benzene rings is 1. The second-order valence-electron chi connectivity index (χ2n) is 5.80. The van der Waals surface area contributed by atoms with E-state index in [4.69, 9.17) is 11.6 Å². The van der Waals surface area contributed by atoms with Gasteiger partial charge in [0.05, 0.1) is 10.7 Å². The first-order valence-corrected chi connectivity index (χ1v) is 8.15. The van der Waals surface area contributed by atoms with Crippen molar-refractivity contribution in [2.45, 2.75) is 40.5 Å². The summed E-state index contributed by atoms with van der Waals surface area (Å²) in [7, 11) is 0. The molecule has 4 nitrogen and oxygen atoms in total. The molecule has 2 amide bonds. The highest BCUT2D eigenvalue weighted by atomic mass is 35.5. The van der Waals surface area contributed by atoms with Gasteiger partial charge >= 0.3 is 0 Å². The van der Waals surface area contributed by atoms with Gasteiger partial charge in [0.2, 0.25) is 5.91 Å². The Morgan fingerprint density at radius 1 is 1.18 bits per heavy atom. The van der Waals surface area contributed by atoms with Crippen molar-refractivity contribution in [3.63, 3.8) is 0 Å². The van der Waals surface area contributed by atoms with Crippen LogP contribution in [0, 0.1) is 11.8 Å². The zero-order valence-electron chi connectivity index (χ0n) is 13.7. The number of carbonyl (C=O) groups is 2. The summed E-state index contributed by atoms with van der Waals surface area (Å²) >= 11 is 6.12. The molecule has 5 heteroatoms. The summed E-state index contributed by atoms with van der Waals surface area (Å²) in [5.74, 6) is 0.106. The van der Waals surface area contributed by atoms with E-state index in [1.54, 1.807) is 18.2 Å². The van der Waals surface area contributed by atoms with Crippen molar-refractivity contribution >= 4 is 29.1 Å². The summed E-state index contributed by atoms with van der Waals surface area (Å²) in [6.45, 7) is 8.63. The molecular weight excluding hydrogens is 300 g/mol. The van der Waals surface area contributed by atoms with Gasteiger partial charge in [0.25, 0.3) is 5.91 Å². The van der Waals surface area contributed by atoms with Crippen molar-refractivity contribution in [1.29, 1.82) is 0 Å². The van der Waals surface area contributed by atoms with Gasteiger partial charge in [-0.05, 0) is 37.0 Å². The third kappa shape index (κ3) is 5.34. The van der Waals surface area contributed by atoms with E-state index < -0.39 is 0 Å². The molecule has 0 saturated heterocycles. The Bertz CT molecular complexity index is 525. The molecular formula is C17H25ClN2O2. The van der Waals surface area contributed by atoms with Gasteiger partial charge in [0.15, 0.2) is 0 Å². The summed E-state index contributed by atoms with van der Waals surface area (Å²) in [6.07, 6.45) is 1.54. The molecule has 1 aromatic carbocycles. The minimum absolute atomic E-state index is 0.0468. The Kier molecular flexibility index (Phi) is 7.39. The molecule has 0 spiro atoms. The largest absolute Gasteiger partial charge is 0.352 e. The lowest BCUT2D eigenvalue weighted by atomic mass is 10.0. The Morgan fingerprint density at radius 3 is 2.36 bits per heavy atom. The fourth-order valence-electron chi connectivity index (χ4n) is 2.06. The number of rotatable bonds is 7. The molecule has 0 saturated carbocycles. The van der Waals surface area contributed by atoms with E-state index >= 15 is 0 Å². The quantitative estimate of drug-likeness (QED) is 0.793. The summed E-state index contributed by atoms with van der Waals surface area (Å²) in [5, 5.41) is 6.10.